The topological polar surface area (TPSA) is 20.2 Å². The molecule has 1 N–H and O–H groups in total. The number of thiol groups is 1. The molecule has 3 heteroatoms. The van der Waals surface area contributed by atoms with Gasteiger partial charge in [0.25, 0.3) is 0 Å². The van der Waals surface area contributed by atoms with Gasteiger partial charge >= 0.3 is 29.6 Å². The summed E-state index contributed by atoms with van der Waals surface area (Å²) in [5.41, 5.74) is 0. The molecule has 0 unspecified atom stereocenters. The maximum atomic E-state index is 7.80. The molecule has 26 valence electrons. The van der Waals surface area contributed by atoms with E-state index in [2.05, 4.69) is 12.6 Å². The molecule has 0 atom stereocenters. The average Bonchev–Trinajstić information content (AvgIpc) is 1.37. The molecule has 0 rings (SSSR count). The maximum Gasteiger partial charge on any atom is 1.00 e. The van der Waals surface area contributed by atoms with Crippen LogP contribution in [0.5, 0.6) is 0 Å². The van der Waals surface area contributed by atoms with Crippen LogP contribution in [0, 0.1) is 0 Å². The number of aliphatic hydroxyl groups excluding tert-OH is 1. The fourth-order valence-corrected chi connectivity index (χ4v) is 0. The third kappa shape index (κ3) is 10.9. The first-order valence-electron chi connectivity index (χ1n) is 1.13. The van der Waals surface area contributed by atoms with Crippen LogP contribution in [0.25, 0.3) is 0 Å². The van der Waals surface area contributed by atoms with Crippen molar-refractivity contribution in [3.05, 3.63) is 0 Å². The van der Waals surface area contributed by atoms with Crippen LogP contribution in [0.1, 0.15) is 0 Å². The fraction of sp³-hybridized carbons (Fsp3) is 1.00. The van der Waals surface area contributed by atoms with E-state index in [0.717, 1.165) is 0 Å². The molecule has 0 saturated carbocycles. The molecule has 0 heterocycles. The van der Waals surface area contributed by atoms with Gasteiger partial charge in [0, 0.05) is 5.75 Å². The Balaban J connectivity index is 0. The number of hydrogen-bond acceptors (Lipinski definition) is 2. The van der Waals surface area contributed by atoms with Crippen LogP contribution >= 0.6 is 12.6 Å². The van der Waals surface area contributed by atoms with E-state index in [1.165, 1.54) is 0 Å². The van der Waals surface area contributed by atoms with Gasteiger partial charge < -0.3 is 5.11 Å². The van der Waals surface area contributed by atoms with Crippen LogP contribution in [0.2, 0.25) is 0 Å². The molecule has 1 nitrogen and oxygen atoms in total. The summed E-state index contributed by atoms with van der Waals surface area (Å²) in [6.45, 7) is 0.184. The van der Waals surface area contributed by atoms with Gasteiger partial charge in [-0.15, -0.1) is 0 Å². The summed E-state index contributed by atoms with van der Waals surface area (Å²) in [6, 6.07) is 0. The van der Waals surface area contributed by atoms with E-state index >= 15 is 0 Å². The minimum atomic E-state index is 0. The van der Waals surface area contributed by atoms with E-state index < -0.39 is 0 Å². The van der Waals surface area contributed by atoms with Gasteiger partial charge in [0.15, 0.2) is 0 Å². The number of rotatable bonds is 1. The maximum absolute atomic E-state index is 7.80. The van der Waals surface area contributed by atoms with Crippen LogP contribution < -0.4 is 29.6 Å². The number of hydrogen-bond donors (Lipinski definition) is 2. The summed E-state index contributed by atoms with van der Waals surface area (Å²) in [6.07, 6.45) is 0. The Morgan fingerprint density at radius 2 is 1.80 bits per heavy atom. The van der Waals surface area contributed by atoms with Gasteiger partial charge in [0.05, 0.1) is 6.61 Å². The summed E-state index contributed by atoms with van der Waals surface area (Å²) < 4.78 is 0. The van der Waals surface area contributed by atoms with Crippen LogP contribution in [0.4, 0.5) is 0 Å². The third-order valence-electron chi connectivity index (χ3n) is 0.1000. The van der Waals surface area contributed by atoms with Gasteiger partial charge in [-0.05, 0) is 0 Å². The molecule has 0 saturated heterocycles. The molecular formula is C2H6NaOS+. The van der Waals surface area contributed by atoms with E-state index in [4.69, 9.17) is 5.11 Å². The number of aliphatic hydroxyl groups is 1. The van der Waals surface area contributed by atoms with Crippen molar-refractivity contribution in [3.8, 4) is 0 Å². The Labute approximate surface area is 59.5 Å². The van der Waals surface area contributed by atoms with Crippen molar-refractivity contribution in [2.45, 2.75) is 0 Å². The van der Waals surface area contributed by atoms with Crippen molar-refractivity contribution >= 4 is 12.6 Å². The van der Waals surface area contributed by atoms with E-state index in [9.17, 15) is 0 Å². The molecule has 0 aliphatic carbocycles. The zero-order chi connectivity index (χ0) is 3.41. The first kappa shape index (κ1) is 9.58. The van der Waals surface area contributed by atoms with Gasteiger partial charge in [0.1, 0.15) is 0 Å². The molecule has 0 bridgehead atoms. The normalized spacial score (nSPS) is 6.00. The van der Waals surface area contributed by atoms with Crippen molar-refractivity contribution in [2.24, 2.45) is 0 Å². The quantitative estimate of drug-likeness (QED) is 0.265. The standard InChI is InChI=1S/C2H6OS.Na/c3-1-2-4;/h3-4H,1-2H2;/q;+1. The molecule has 5 heavy (non-hydrogen) atoms. The van der Waals surface area contributed by atoms with Crippen LogP contribution in [-0.2, 0) is 0 Å². The molecule has 0 aliphatic rings. The summed E-state index contributed by atoms with van der Waals surface area (Å²) in [4.78, 5) is 0. The van der Waals surface area contributed by atoms with Crippen LogP contribution in [0.3, 0.4) is 0 Å². The van der Waals surface area contributed by atoms with Crippen molar-refractivity contribution < 1.29 is 34.7 Å². The molecule has 0 spiro atoms. The molecule has 0 aromatic carbocycles. The Kier molecular flexibility index (Phi) is 17.2. The van der Waals surface area contributed by atoms with Crippen molar-refractivity contribution in [1.29, 1.82) is 0 Å². The molecular weight excluding hydrogens is 95.1 g/mol. The van der Waals surface area contributed by atoms with E-state index in [1.807, 2.05) is 0 Å². The van der Waals surface area contributed by atoms with Gasteiger partial charge in [0.2, 0.25) is 0 Å². The molecule has 0 aromatic rings. The summed E-state index contributed by atoms with van der Waals surface area (Å²) in [5.74, 6) is 0.569. The molecule has 0 aromatic heterocycles. The van der Waals surface area contributed by atoms with Gasteiger partial charge in [-0.25, -0.2) is 0 Å². The summed E-state index contributed by atoms with van der Waals surface area (Å²) in [7, 11) is 0. The van der Waals surface area contributed by atoms with Gasteiger partial charge in [-0.3, -0.25) is 0 Å². The second kappa shape index (κ2) is 9.00. The van der Waals surface area contributed by atoms with Crippen LogP contribution in [-0.4, -0.2) is 17.5 Å². The summed E-state index contributed by atoms with van der Waals surface area (Å²) in [5, 5.41) is 7.80. The predicted octanol–water partition coefficient (Wildman–Crippen LogP) is -3.09. The zero-order valence-corrected chi connectivity index (χ0v) is 6.20. The van der Waals surface area contributed by atoms with Gasteiger partial charge in [-0.1, -0.05) is 0 Å². The molecule has 0 amide bonds. The van der Waals surface area contributed by atoms with Crippen molar-refractivity contribution in [2.75, 3.05) is 12.4 Å². The predicted molar refractivity (Wildman–Crippen MR) is 20.9 cm³/mol. The molecule has 0 aliphatic heterocycles. The fourth-order valence-electron chi connectivity index (χ4n) is 0. The minimum Gasteiger partial charge on any atom is -0.396 e. The first-order chi connectivity index (χ1) is 1.91. The minimum absolute atomic E-state index is 0. The Bertz CT molecular complexity index is 11.6. The molecule has 0 radical (unpaired) electrons. The van der Waals surface area contributed by atoms with Gasteiger partial charge in [-0.2, -0.15) is 12.6 Å². The van der Waals surface area contributed by atoms with Crippen LogP contribution in [0.15, 0.2) is 0 Å². The zero-order valence-electron chi connectivity index (χ0n) is 3.31. The Morgan fingerprint density at radius 1 is 1.60 bits per heavy atom. The monoisotopic (exact) mass is 101 g/mol. The Morgan fingerprint density at radius 3 is 1.80 bits per heavy atom. The SMILES string of the molecule is OCCS.[Na+]. The largest absolute Gasteiger partial charge is 1.00 e. The van der Waals surface area contributed by atoms with E-state index in [-0.39, 0.29) is 36.2 Å². The second-order valence-corrected chi connectivity index (χ2v) is 0.894. The first-order valence-corrected chi connectivity index (χ1v) is 1.76. The summed E-state index contributed by atoms with van der Waals surface area (Å²) >= 11 is 3.67. The van der Waals surface area contributed by atoms with E-state index in [0.29, 0.717) is 5.75 Å². The molecule has 0 fully saturated rings. The van der Waals surface area contributed by atoms with Crippen molar-refractivity contribution in [1.82, 2.24) is 0 Å². The average molecular weight is 101 g/mol. The third-order valence-corrected chi connectivity index (χ3v) is 0.300. The Hall–Kier alpha value is 1.31. The smallest absolute Gasteiger partial charge is 0.396 e. The van der Waals surface area contributed by atoms with E-state index in [1.54, 1.807) is 0 Å². The second-order valence-electron chi connectivity index (χ2n) is 0.447. The van der Waals surface area contributed by atoms with Crippen molar-refractivity contribution in [3.63, 3.8) is 0 Å².